The van der Waals surface area contributed by atoms with Crippen LogP contribution < -0.4 is 10.6 Å². The van der Waals surface area contributed by atoms with Crippen LogP contribution in [0.5, 0.6) is 0 Å². The number of aryl methyl sites for hydroxylation is 2. The standard InChI is InChI=1S/C19H27N5O2S.ClH/c1-12-14-10-15(27-18(14)23(3)22-12)16(25)21-13(2)17(26)24-8-5-19(6-9-24)4-7-20-11-19;/h10,13,20H,4-9,11H2,1-3H3,(H,21,25);1H. The van der Waals surface area contributed by atoms with Crippen molar-refractivity contribution in [2.75, 3.05) is 26.2 Å². The number of hydrogen-bond acceptors (Lipinski definition) is 5. The molecule has 2 amide bonds. The minimum atomic E-state index is -0.516. The van der Waals surface area contributed by atoms with E-state index < -0.39 is 6.04 Å². The zero-order valence-electron chi connectivity index (χ0n) is 16.6. The number of halogens is 1. The van der Waals surface area contributed by atoms with Gasteiger partial charge in [0, 0.05) is 32.1 Å². The van der Waals surface area contributed by atoms with Gasteiger partial charge in [-0.25, -0.2) is 0 Å². The van der Waals surface area contributed by atoms with Gasteiger partial charge in [-0.15, -0.1) is 23.7 Å². The molecule has 0 aromatic carbocycles. The van der Waals surface area contributed by atoms with Gasteiger partial charge >= 0.3 is 0 Å². The molecule has 2 aliphatic heterocycles. The molecule has 2 aliphatic rings. The van der Waals surface area contributed by atoms with Crippen LogP contribution in [0.15, 0.2) is 6.07 Å². The summed E-state index contributed by atoms with van der Waals surface area (Å²) in [6, 6.07) is 1.35. The molecule has 2 aromatic heterocycles. The van der Waals surface area contributed by atoms with Gasteiger partial charge < -0.3 is 15.5 Å². The molecule has 28 heavy (non-hydrogen) atoms. The van der Waals surface area contributed by atoms with E-state index in [-0.39, 0.29) is 24.2 Å². The number of fused-ring (bicyclic) bond motifs is 1. The van der Waals surface area contributed by atoms with Crippen LogP contribution in [-0.2, 0) is 11.8 Å². The molecule has 154 valence electrons. The molecule has 2 aromatic rings. The molecule has 0 saturated carbocycles. The average molecular weight is 426 g/mol. The monoisotopic (exact) mass is 425 g/mol. The Hall–Kier alpha value is -1.64. The van der Waals surface area contributed by atoms with Crippen LogP contribution in [0.2, 0.25) is 0 Å². The van der Waals surface area contributed by atoms with Crippen molar-refractivity contribution in [3.05, 3.63) is 16.6 Å². The second-order valence-electron chi connectivity index (χ2n) is 7.99. The number of aromatic nitrogens is 2. The summed E-state index contributed by atoms with van der Waals surface area (Å²) in [4.78, 5) is 28.9. The summed E-state index contributed by atoms with van der Waals surface area (Å²) >= 11 is 1.41. The third-order valence-corrected chi connectivity index (χ3v) is 7.31. The molecule has 9 heteroatoms. The van der Waals surface area contributed by atoms with Crippen molar-refractivity contribution in [2.45, 2.75) is 39.2 Å². The van der Waals surface area contributed by atoms with Gasteiger partial charge in [-0.3, -0.25) is 14.3 Å². The second kappa shape index (κ2) is 8.00. The summed E-state index contributed by atoms with van der Waals surface area (Å²) in [6.45, 7) is 7.45. The quantitative estimate of drug-likeness (QED) is 0.789. The van der Waals surface area contributed by atoms with Gasteiger partial charge in [-0.05, 0) is 51.1 Å². The molecule has 0 radical (unpaired) electrons. The fourth-order valence-electron chi connectivity index (χ4n) is 4.34. The van der Waals surface area contributed by atoms with Crippen LogP contribution in [0.25, 0.3) is 10.2 Å². The van der Waals surface area contributed by atoms with Gasteiger partial charge in [0.15, 0.2) is 0 Å². The Kier molecular flexibility index (Phi) is 6.03. The highest BCUT2D eigenvalue weighted by atomic mass is 35.5. The normalized spacial score (nSPS) is 19.6. The van der Waals surface area contributed by atoms with Crippen LogP contribution in [0.1, 0.15) is 41.6 Å². The zero-order chi connectivity index (χ0) is 19.2. The van der Waals surface area contributed by atoms with Crippen molar-refractivity contribution in [3.8, 4) is 0 Å². The molecular formula is C19H28ClN5O2S. The highest BCUT2D eigenvalue weighted by Crippen LogP contribution is 2.37. The maximum atomic E-state index is 12.8. The van der Waals surface area contributed by atoms with Crippen LogP contribution >= 0.6 is 23.7 Å². The van der Waals surface area contributed by atoms with Crippen molar-refractivity contribution < 1.29 is 9.59 Å². The van der Waals surface area contributed by atoms with Crippen molar-refractivity contribution in [2.24, 2.45) is 12.5 Å². The molecule has 4 heterocycles. The lowest BCUT2D eigenvalue weighted by atomic mass is 9.78. The van der Waals surface area contributed by atoms with E-state index in [1.54, 1.807) is 11.6 Å². The summed E-state index contributed by atoms with van der Waals surface area (Å²) in [6.07, 6.45) is 3.31. The first-order chi connectivity index (χ1) is 12.9. The van der Waals surface area contributed by atoms with Crippen LogP contribution in [0.4, 0.5) is 0 Å². The van der Waals surface area contributed by atoms with E-state index in [0.717, 1.165) is 54.9 Å². The largest absolute Gasteiger partial charge is 0.341 e. The Balaban J connectivity index is 0.00000225. The maximum absolute atomic E-state index is 12.8. The Morgan fingerprint density at radius 1 is 1.32 bits per heavy atom. The van der Waals surface area contributed by atoms with E-state index in [1.807, 2.05) is 24.9 Å². The summed E-state index contributed by atoms with van der Waals surface area (Å²) in [5, 5.41) is 11.7. The zero-order valence-corrected chi connectivity index (χ0v) is 18.2. The lowest BCUT2D eigenvalue weighted by molar-refractivity contribution is -0.135. The number of amides is 2. The first-order valence-electron chi connectivity index (χ1n) is 9.62. The molecule has 0 aliphatic carbocycles. The summed E-state index contributed by atoms with van der Waals surface area (Å²) in [5.41, 5.74) is 1.29. The molecule has 0 bridgehead atoms. The predicted octanol–water partition coefficient (Wildman–Crippen LogP) is 2.09. The number of likely N-dealkylation sites (tertiary alicyclic amines) is 1. The first-order valence-corrected chi connectivity index (χ1v) is 10.4. The lowest BCUT2D eigenvalue weighted by Gasteiger charge is -2.39. The number of carbonyl (C=O) groups excluding carboxylic acids is 2. The third kappa shape index (κ3) is 3.77. The second-order valence-corrected chi connectivity index (χ2v) is 9.02. The van der Waals surface area contributed by atoms with E-state index in [9.17, 15) is 9.59 Å². The van der Waals surface area contributed by atoms with Crippen LogP contribution in [-0.4, -0.2) is 58.7 Å². The Morgan fingerprint density at radius 2 is 2.04 bits per heavy atom. The number of rotatable bonds is 3. The molecular weight excluding hydrogens is 398 g/mol. The molecule has 1 unspecified atom stereocenters. The number of nitrogens with zero attached hydrogens (tertiary/aromatic N) is 3. The minimum Gasteiger partial charge on any atom is -0.341 e. The molecule has 2 N–H and O–H groups in total. The Bertz CT molecular complexity index is 842. The van der Waals surface area contributed by atoms with E-state index in [4.69, 9.17) is 0 Å². The minimum absolute atomic E-state index is 0. The van der Waals surface area contributed by atoms with E-state index in [1.165, 1.54) is 17.8 Å². The van der Waals surface area contributed by atoms with E-state index >= 15 is 0 Å². The van der Waals surface area contributed by atoms with Gasteiger partial charge in [-0.2, -0.15) is 5.10 Å². The smallest absolute Gasteiger partial charge is 0.262 e. The average Bonchev–Trinajstić information content (AvgIpc) is 3.34. The van der Waals surface area contributed by atoms with Gasteiger partial charge in [-0.1, -0.05) is 0 Å². The van der Waals surface area contributed by atoms with Gasteiger partial charge in [0.1, 0.15) is 10.9 Å². The predicted molar refractivity (Wildman–Crippen MR) is 113 cm³/mol. The molecule has 4 rings (SSSR count). The van der Waals surface area contributed by atoms with Gasteiger partial charge in [0.05, 0.1) is 10.6 Å². The highest BCUT2D eigenvalue weighted by Gasteiger charge is 2.38. The summed E-state index contributed by atoms with van der Waals surface area (Å²) < 4.78 is 1.79. The van der Waals surface area contributed by atoms with Gasteiger partial charge in [0.25, 0.3) is 5.91 Å². The number of piperidine rings is 1. The summed E-state index contributed by atoms with van der Waals surface area (Å²) in [5.74, 6) is -0.173. The molecule has 1 atom stereocenters. The van der Waals surface area contributed by atoms with Crippen molar-refractivity contribution >= 4 is 45.8 Å². The maximum Gasteiger partial charge on any atom is 0.262 e. The number of thiophene rings is 1. The number of hydrogen-bond donors (Lipinski definition) is 2. The Labute approximate surface area is 175 Å². The van der Waals surface area contributed by atoms with Crippen molar-refractivity contribution in [1.82, 2.24) is 25.3 Å². The lowest BCUT2D eigenvalue weighted by Crippen LogP contribution is -2.51. The molecule has 1 spiro atoms. The van der Waals surface area contributed by atoms with Crippen molar-refractivity contribution in [1.29, 1.82) is 0 Å². The molecule has 2 saturated heterocycles. The van der Waals surface area contributed by atoms with Crippen LogP contribution in [0, 0.1) is 12.3 Å². The topological polar surface area (TPSA) is 79.3 Å². The van der Waals surface area contributed by atoms with E-state index in [0.29, 0.717) is 10.3 Å². The van der Waals surface area contributed by atoms with E-state index in [2.05, 4.69) is 15.7 Å². The number of nitrogens with one attached hydrogen (secondary N) is 2. The fourth-order valence-corrected chi connectivity index (χ4v) is 5.37. The molecule has 2 fully saturated rings. The van der Waals surface area contributed by atoms with Crippen molar-refractivity contribution in [3.63, 3.8) is 0 Å². The first kappa shape index (κ1) is 21.1. The Morgan fingerprint density at radius 3 is 2.64 bits per heavy atom. The number of carbonyl (C=O) groups is 2. The van der Waals surface area contributed by atoms with Crippen LogP contribution in [0.3, 0.4) is 0 Å². The SMILES string of the molecule is Cc1nn(C)c2sc(C(=O)NC(C)C(=O)N3CCC4(CCNC4)CC3)cc12.Cl. The highest BCUT2D eigenvalue weighted by molar-refractivity contribution is 7.20. The fraction of sp³-hybridized carbons (Fsp3) is 0.632. The van der Waals surface area contributed by atoms with Gasteiger partial charge in [0.2, 0.25) is 5.91 Å². The molecule has 7 nitrogen and oxygen atoms in total. The summed E-state index contributed by atoms with van der Waals surface area (Å²) in [7, 11) is 1.88. The third-order valence-electron chi connectivity index (χ3n) is 6.11.